The van der Waals surface area contributed by atoms with Crippen molar-refractivity contribution in [1.29, 1.82) is 0 Å². The first kappa shape index (κ1) is 20.2. The first-order valence-corrected chi connectivity index (χ1v) is 9.71. The molecule has 0 unspecified atom stereocenters. The molecular formula is C21H29N3O4. The molecule has 1 amide bonds. The Balaban J connectivity index is 1.69. The Kier molecular flexibility index (Phi) is 5.63. The number of nitrogens with zero attached hydrogens (tertiary/aromatic N) is 3. The molecule has 152 valence electrons. The molecule has 7 nitrogen and oxygen atoms in total. The van der Waals surface area contributed by atoms with Crippen molar-refractivity contribution in [2.75, 3.05) is 20.2 Å². The lowest BCUT2D eigenvalue weighted by Gasteiger charge is -2.33. The van der Waals surface area contributed by atoms with Crippen molar-refractivity contribution >= 4 is 23.0 Å². The van der Waals surface area contributed by atoms with Crippen LogP contribution in [-0.4, -0.2) is 52.5 Å². The molecule has 2 heterocycles. The average Bonchev–Trinajstić information content (AvgIpc) is 2.95. The molecule has 1 aromatic heterocycles. The van der Waals surface area contributed by atoms with Crippen molar-refractivity contribution in [3.8, 4) is 0 Å². The van der Waals surface area contributed by atoms with E-state index in [0.717, 1.165) is 36.0 Å². The van der Waals surface area contributed by atoms with Crippen LogP contribution in [0.3, 0.4) is 0 Å². The molecule has 0 atom stereocenters. The van der Waals surface area contributed by atoms with Crippen LogP contribution >= 0.6 is 0 Å². The van der Waals surface area contributed by atoms with Crippen molar-refractivity contribution < 1.29 is 19.1 Å². The van der Waals surface area contributed by atoms with E-state index in [2.05, 4.69) is 5.10 Å². The van der Waals surface area contributed by atoms with Crippen LogP contribution in [0, 0.1) is 12.8 Å². The second-order valence-electron chi connectivity index (χ2n) is 8.40. The number of methoxy groups -OCH3 is 1. The highest BCUT2D eigenvalue weighted by molar-refractivity contribution is 5.95. The highest BCUT2D eigenvalue weighted by atomic mass is 16.6. The van der Waals surface area contributed by atoms with Gasteiger partial charge in [0.05, 0.1) is 23.9 Å². The highest BCUT2D eigenvalue weighted by Crippen LogP contribution is 2.25. The Hall–Kier alpha value is -2.57. The SMILES string of the molecule is COC(=O)c1ccc2c(C)nn(CC3CCN(C(=O)OC(C)(C)C)CC3)c2c1. The molecule has 7 heteroatoms. The minimum absolute atomic E-state index is 0.242. The molecule has 0 radical (unpaired) electrons. The highest BCUT2D eigenvalue weighted by Gasteiger charge is 2.27. The largest absolute Gasteiger partial charge is 0.465 e. The van der Waals surface area contributed by atoms with E-state index in [-0.39, 0.29) is 12.1 Å². The van der Waals surface area contributed by atoms with Gasteiger partial charge in [-0.05, 0) is 58.6 Å². The standard InChI is InChI=1S/C21H29N3O4/c1-14-17-7-6-16(19(25)27-5)12-18(17)24(22-14)13-15-8-10-23(11-9-15)20(26)28-21(2,3)4/h6-7,12,15H,8-11,13H2,1-5H3. The first-order chi connectivity index (χ1) is 13.2. The maximum absolute atomic E-state index is 12.2. The Morgan fingerprint density at radius 3 is 2.50 bits per heavy atom. The summed E-state index contributed by atoms with van der Waals surface area (Å²) in [5, 5.41) is 5.71. The topological polar surface area (TPSA) is 73.7 Å². The summed E-state index contributed by atoms with van der Waals surface area (Å²) < 4.78 is 12.3. The monoisotopic (exact) mass is 387 g/mol. The van der Waals surface area contributed by atoms with Crippen LogP contribution in [0.2, 0.25) is 0 Å². The smallest absolute Gasteiger partial charge is 0.410 e. The molecule has 0 N–H and O–H groups in total. The number of rotatable bonds is 3. The number of piperidine rings is 1. The predicted molar refractivity (Wildman–Crippen MR) is 106 cm³/mol. The number of carbonyl (C=O) groups excluding carboxylic acids is 2. The summed E-state index contributed by atoms with van der Waals surface area (Å²) in [5.41, 5.74) is 1.93. The number of esters is 1. The van der Waals surface area contributed by atoms with Gasteiger partial charge in [-0.15, -0.1) is 0 Å². The quantitative estimate of drug-likeness (QED) is 0.750. The zero-order valence-electron chi connectivity index (χ0n) is 17.3. The lowest BCUT2D eigenvalue weighted by Crippen LogP contribution is -2.42. The van der Waals surface area contributed by atoms with Crippen molar-refractivity contribution in [2.24, 2.45) is 5.92 Å². The van der Waals surface area contributed by atoms with E-state index >= 15 is 0 Å². The van der Waals surface area contributed by atoms with Gasteiger partial charge in [-0.2, -0.15) is 5.10 Å². The van der Waals surface area contributed by atoms with Gasteiger partial charge in [-0.25, -0.2) is 9.59 Å². The number of fused-ring (bicyclic) bond motifs is 1. The Bertz CT molecular complexity index is 874. The van der Waals surface area contributed by atoms with Crippen LogP contribution in [0.1, 0.15) is 49.7 Å². The van der Waals surface area contributed by atoms with E-state index < -0.39 is 5.60 Å². The Labute approximate surface area is 165 Å². The fourth-order valence-electron chi connectivity index (χ4n) is 3.59. The zero-order valence-corrected chi connectivity index (χ0v) is 17.3. The maximum atomic E-state index is 12.2. The van der Waals surface area contributed by atoms with Crippen LogP contribution in [0.4, 0.5) is 4.79 Å². The lowest BCUT2D eigenvalue weighted by atomic mass is 9.97. The van der Waals surface area contributed by atoms with Gasteiger partial charge >= 0.3 is 12.1 Å². The normalized spacial score (nSPS) is 15.7. The second-order valence-corrected chi connectivity index (χ2v) is 8.40. The number of benzene rings is 1. The van der Waals surface area contributed by atoms with E-state index in [0.29, 0.717) is 24.6 Å². The van der Waals surface area contributed by atoms with Crippen molar-refractivity contribution in [3.63, 3.8) is 0 Å². The number of ether oxygens (including phenoxy) is 2. The van der Waals surface area contributed by atoms with Gasteiger partial charge in [0.2, 0.25) is 0 Å². The van der Waals surface area contributed by atoms with Crippen LogP contribution in [0.15, 0.2) is 18.2 Å². The molecule has 1 aliphatic rings. The van der Waals surface area contributed by atoms with Crippen LogP contribution in [-0.2, 0) is 16.0 Å². The zero-order chi connectivity index (χ0) is 20.5. The van der Waals surface area contributed by atoms with Crippen molar-refractivity contribution in [1.82, 2.24) is 14.7 Å². The van der Waals surface area contributed by atoms with E-state index in [4.69, 9.17) is 9.47 Å². The molecule has 0 bridgehead atoms. The minimum atomic E-state index is -0.475. The van der Waals surface area contributed by atoms with Crippen LogP contribution in [0.5, 0.6) is 0 Å². The number of amides is 1. The van der Waals surface area contributed by atoms with E-state index in [1.54, 1.807) is 11.0 Å². The van der Waals surface area contributed by atoms with Crippen molar-refractivity contribution in [2.45, 2.75) is 52.7 Å². The third-order valence-electron chi connectivity index (χ3n) is 5.05. The Morgan fingerprint density at radius 2 is 1.89 bits per heavy atom. The van der Waals surface area contributed by atoms with Gasteiger partial charge in [-0.1, -0.05) is 6.07 Å². The fourth-order valence-corrected chi connectivity index (χ4v) is 3.59. The fraction of sp³-hybridized carbons (Fsp3) is 0.571. The molecule has 0 saturated carbocycles. The Morgan fingerprint density at radius 1 is 1.21 bits per heavy atom. The number of hydrogen-bond acceptors (Lipinski definition) is 5. The van der Waals surface area contributed by atoms with Gasteiger partial charge in [0.15, 0.2) is 0 Å². The van der Waals surface area contributed by atoms with Gasteiger partial charge in [0.1, 0.15) is 5.60 Å². The van der Waals surface area contributed by atoms with Crippen LogP contribution < -0.4 is 0 Å². The summed E-state index contributed by atoms with van der Waals surface area (Å²) in [7, 11) is 1.38. The number of carbonyl (C=O) groups is 2. The number of aryl methyl sites for hydroxylation is 1. The summed E-state index contributed by atoms with van der Waals surface area (Å²) in [4.78, 5) is 25.9. The van der Waals surface area contributed by atoms with Gasteiger partial charge in [0.25, 0.3) is 0 Å². The summed E-state index contributed by atoms with van der Waals surface area (Å²) in [6.45, 7) is 9.75. The van der Waals surface area contributed by atoms with E-state index in [1.165, 1.54) is 7.11 Å². The van der Waals surface area contributed by atoms with Gasteiger partial charge in [0, 0.05) is 25.0 Å². The van der Waals surface area contributed by atoms with Gasteiger partial charge in [-0.3, -0.25) is 4.68 Å². The van der Waals surface area contributed by atoms with Gasteiger partial charge < -0.3 is 14.4 Å². The summed E-state index contributed by atoms with van der Waals surface area (Å²) in [6.07, 6.45) is 1.56. The molecule has 1 fully saturated rings. The number of aromatic nitrogens is 2. The van der Waals surface area contributed by atoms with E-state index in [9.17, 15) is 9.59 Å². The third kappa shape index (κ3) is 4.46. The second kappa shape index (κ2) is 7.81. The molecule has 1 aromatic carbocycles. The molecule has 0 spiro atoms. The lowest BCUT2D eigenvalue weighted by molar-refractivity contribution is 0.0177. The molecule has 28 heavy (non-hydrogen) atoms. The third-order valence-corrected chi connectivity index (χ3v) is 5.05. The summed E-state index contributed by atoms with van der Waals surface area (Å²) >= 11 is 0. The molecule has 0 aliphatic carbocycles. The number of likely N-dealkylation sites (tertiary alicyclic amines) is 1. The molecule has 1 aliphatic heterocycles. The van der Waals surface area contributed by atoms with Crippen LogP contribution in [0.25, 0.3) is 10.9 Å². The molecular weight excluding hydrogens is 358 g/mol. The average molecular weight is 387 g/mol. The van der Waals surface area contributed by atoms with E-state index in [1.807, 2.05) is 44.5 Å². The predicted octanol–water partition coefficient (Wildman–Crippen LogP) is 3.78. The summed E-state index contributed by atoms with van der Waals surface area (Å²) in [5.74, 6) is 0.0703. The number of hydrogen-bond donors (Lipinski definition) is 0. The maximum Gasteiger partial charge on any atom is 0.410 e. The molecule has 1 saturated heterocycles. The summed E-state index contributed by atoms with van der Waals surface area (Å²) in [6, 6.07) is 5.54. The molecule has 3 rings (SSSR count). The molecule has 2 aromatic rings. The first-order valence-electron chi connectivity index (χ1n) is 9.71. The van der Waals surface area contributed by atoms with Crippen molar-refractivity contribution in [3.05, 3.63) is 29.5 Å². The minimum Gasteiger partial charge on any atom is -0.465 e.